The van der Waals surface area contributed by atoms with E-state index in [2.05, 4.69) is 16.4 Å². The first-order valence-electron chi connectivity index (χ1n) is 8.86. The van der Waals surface area contributed by atoms with Gasteiger partial charge in [-0.1, -0.05) is 24.3 Å². The van der Waals surface area contributed by atoms with Crippen LogP contribution in [0.2, 0.25) is 0 Å². The van der Waals surface area contributed by atoms with Gasteiger partial charge in [-0.3, -0.25) is 4.79 Å². The number of aromatic nitrogens is 1. The van der Waals surface area contributed by atoms with E-state index in [0.29, 0.717) is 23.8 Å². The van der Waals surface area contributed by atoms with Crippen LogP contribution in [-0.4, -0.2) is 17.5 Å². The van der Waals surface area contributed by atoms with Crippen LogP contribution < -0.4 is 14.8 Å². The molecule has 0 aliphatic carbocycles. The molecule has 0 radical (unpaired) electrons. The molecule has 0 fully saturated rings. The lowest BCUT2D eigenvalue weighted by molar-refractivity contribution is -0.123. The van der Waals surface area contributed by atoms with E-state index in [1.54, 1.807) is 54.7 Å². The molecule has 1 aromatic heterocycles. The molecule has 0 saturated carbocycles. The van der Waals surface area contributed by atoms with Gasteiger partial charge in [-0.05, 0) is 35.4 Å². The maximum atomic E-state index is 13.2. The zero-order valence-corrected chi connectivity index (χ0v) is 15.5. The van der Waals surface area contributed by atoms with E-state index < -0.39 is 0 Å². The fourth-order valence-corrected chi connectivity index (χ4v) is 2.42. The molecule has 3 aromatic rings. The van der Waals surface area contributed by atoms with Crippen molar-refractivity contribution in [2.24, 2.45) is 0 Å². The molecule has 0 unspecified atom stereocenters. The number of carbonyl (C=O) groups is 1. The summed E-state index contributed by atoms with van der Waals surface area (Å²) < 4.78 is 24.1. The first-order valence-corrected chi connectivity index (χ1v) is 8.86. The Morgan fingerprint density at radius 1 is 1.07 bits per heavy atom. The van der Waals surface area contributed by atoms with Gasteiger partial charge in [0.25, 0.3) is 5.91 Å². The number of rotatable bonds is 8. The Kier molecular flexibility index (Phi) is 6.74. The fraction of sp³-hybridized carbons (Fsp3) is 0.136. The van der Waals surface area contributed by atoms with Crippen LogP contribution in [0, 0.1) is 17.1 Å². The van der Waals surface area contributed by atoms with Gasteiger partial charge in [-0.25, -0.2) is 9.37 Å². The number of amides is 1. The zero-order valence-electron chi connectivity index (χ0n) is 15.5. The summed E-state index contributed by atoms with van der Waals surface area (Å²) in [6.45, 7) is 0.169. The number of benzene rings is 2. The van der Waals surface area contributed by atoms with Crippen molar-refractivity contribution in [1.29, 1.82) is 5.26 Å². The third-order valence-corrected chi connectivity index (χ3v) is 3.88. The molecule has 0 spiro atoms. The van der Waals surface area contributed by atoms with Crippen LogP contribution in [0.15, 0.2) is 66.9 Å². The minimum Gasteiger partial charge on any atom is -0.484 e. The Morgan fingerprint density at radius 2 is 1.86 bits per heavy atom. The molecular weight excluding hydrogens is 373 g/mol. The molecule has 3 rings (SSSR count). The van der Waals surface area contributed by atoms with Crippen molar-refractivity contribution in [3.63, 3.8) is 0 Å². The molecule has 0 atom stereocenters. The monoisotopic (exact) mass is 391 g/mol. The SMILES string of the molecule is N#CCc1ccc(OCC(=O)NCc2ccc(Oc3cccc(F)c3)nc2)cc1. The summed E-state index contributed by atoms with van der Waals surface area (Å²) in [6, 6.07) is 18.3. The number of nitrogens with zero attached hydrogens (tertiary/aromatic N) is 2. The second kappa shape index (κ2) is 9.85. The first kappa shape index (κ1) is 19.8. The van der Waals surface area contributed by atoms with Crippen LogP contribution in [0.5, 0.6) is 17.4 Å². The lowest BCUT2D eigenvalue weighted by Gasteiger charge is -2.09. The molecule has 29 heavy (non-hydrogen) atoms. The lowest BCUT2D eigenvalue weighted by Crippen LogP contribution is -2.28. The quantitative estimate of drug-likeness (QED) is 0.632. The molecule has 1 N–H and O–H groups in total. The summed E-state index contributed by atoms with van der Waals surface area (Å²) in [5, 5.41) is 11.4. The lowest BCUT2D eigenvalue weighted by atomic mass is 10.2. The summed E-state index contributed by atoms with van der Waals surface area (Å²) in [5.74, 6) is 0.584. The standard InChI is InChI=1S/C22H18FN3O3/c23-18-2-1-3-20(12-18)29-22-9-6-17(14-26-22)13-25-21(27)15-28-19-7-4-16(5-8-19)10-11-24/h1-9,12,14H,10,13,15H2,(H,25,27). The van der Waals surface area contributed by atoms with E-state index in [1.807, 2.05) is 0 Å². The highest BCUT2D eigenvalue weighted by Crippen LogP contribution is 2.20. The normalized spacial score (nSPS) is 10.1. The van der Waals surface area contributed by atoms with E-state index >= 15 is 0 Å². The van der Waals surface area contributed by atoms with E-state index in [-0.39, 0.29) is 24.9 Å². The Labute approximate surface area is 167 Å². The number of hydrogen-bond donors (Lipinski definition) is 1. The molecular formula is C22H18FN3O3. The van der Waals surface area contributed by atoms with Crippen molar-refractivity contribution in [1.82, 2.24) is 10.3 Å². The molecule has 2 aromatic carbocycles. The predicted octanol–water partition coefficient (Wildman–Crippen LogP) is 3.77. The molecule has 0 aliphatic rings. The molecule has 6 nitrogen and oxygen atoms in total. The number of nitriles is 1. The summed E-state index contributed by atoms with van der Waals surface area (Å²) in [4.78, 5) is 16.1. The third-order valence-electron chi connectivity index (χ3n) is 3.88. The Hall–Kier alpha value is -3.92. The molecule has 0 bridgehead atoms. The Balaban J connectivity index is 1.43. The van der Waals surface area contributed by atoms with Crippen LogP contribution >= 0.6 is 0 Å². The van der Waals surface area contributed by atoms with Gasteiger partial charge in [0.05, 0.1) is 12.5 Å². The van der Waals surface area contributed by atoms with E-state index in [1.165, 1.54) is 12.1 Å². The van der Waals surface area contributed by atoms with Gasteiger partial charge in [0.2, 0.25) is 5.88 Å². The van der Waals surface area contributed by atoms with Crippen molar-refractivity contribution in [3.8, 4) is 23.4 Å². The summed E-state index contributed by atoms with van der Waals surface area (Å²) in [7, 11) is 0. The van der Waals surface area contributed by atoms with Crippen LogP contribution in [0.3, 0.4) is 0 Å². The largest absolute Gasteiger partial charge is 0.484 e. The van der Waals surface area contributed by atoms with Gasteiger partial charge >= 0.3 is 0 Å². The van der Waals surface area contributed by atoms with Gasteiger partial charge in [-0.15, -0.1) is 0 Å². The predicted molar refractivity (Wildman–Crippen MR) is 104 cm³/mol. The van der Waals surface area contributed by atoms with Gasteiger partial charge in [-0.2, -0.15) is 5.26 Å². The fourth-order valence-electron chi connectivity index (χ4n) is 2.42. The highest BCUT2D eigenvalue weighted by molar-refractivity contribution is 5.77. The van der Waals surface area contributed by atoms with Crippen LogP contribution in [-0.2, 0) is 17.8 Å². The number of nitrogens with one attached hydrogen (secondary N) is 1. The summed E-state index contributed by atoms with van der Waals surface area (Å²) in [6.07, 6.45) is 1.91. The van der Waals surface area contributed by atoms with E-state index in [0.717, 1.165) is 11.1 Å². The van der Waals surface area contributed by atoms with Crippen molar-refractivity contribution < 1.29 is 18.7 Å². The average Bonchev–Trinajstić information content (AvgIpc) is 2.73. The van der Waals surface area contributed by atoms with Gasteiger partial charge in [0, 0.05) is 24.9 Å². The second-order valence-corrected chi connectivity index (χ2v) is 6.11. The maximum Gasteiger partial charge on any atom is 0.258 e. The van der Waals surface area contributed by atoms with Crippen molar-refractivity contribution in [2.75, 3.05) is 6.61 Å². The average molecular weight is 391 g/mol. The number of ether oxygens (including phenoxy) is 2. The van der Waals surface area contributed by atoms with Gasteiger partial charge in [0.15, 0.2) is 6.61 Å². The molecule has 1 heterocycles. The van der Waals surface area contributed by atoms with Crippen LogP contribution in [0.25, 0.3) is 0 Å². The topological polar surface area (TPSA) is 84.2 Å². The van der Waals surface area contributed by atoms with E-state index in [4.69, 9.17) is 14.7 Å². The van der Waals surface area contributed by atoms with Crippen molar-refractivity contribution >= 4 is 5.91 Å². The number of halogens is 1. The van der Waals surface area contributed by atoms with Crippen LogP contribution in [0.4, 0.5) is 4.39 Å². The third kappa shape index (κ3) is 6.33. The van der Waals surface area contributed by atoms with Gasteiger partial charge < -0.3 is 14.8 Å². The number of hydrogen-bond acceptors (Lipinski definition) is 5. The first-order chi connectivity index (χ1) is 14.1. The molecule has 146 valence electrons. The number of pyridine rings is 1. The minimum absolute atomic E-state index is 0.119. The van der Waals surface area contributed by atoms with Crippen LogP contribution in [0.1, 0.15) is 11.1 Å². The maximum absolute atomic E-state index is 13.2. The highest BCUT2D eigenvalue weighted by Gasteiger charge is 2.05. The smallest absolute Gasteiger partial charge is 0.258 e. The number of carbonyl (C=O) groups excluding carboxylic acids is 1. The van der Waals surface area contributed by atoms with Crippen molar-refractivity contribution in [3.05, 3.63) is 83.8 Å². The molecule has 7 heteroatoms. The van der Waals surface area contributed by atoms with Crippen molar-refractivity contribution in [2.45, 2.75) is 13.0 Å². The summed E-state index contributed by atoms with van der Waals surface area (Å²) in [5.41, 5.74) is 1.67. The molecule has 0 saturated heterocycles. The Bertz CT molecular complexity index is 999. The zero-order chi connectivity index (χ0) is 20.5. The second-order valence-electron chi connectivity index (χ2n) is 6.11. The van der Waals surface area contributed by atoms with Gasteiger partial charge in [0.1, 0.15) is 17.3 Å². The highest BCUT2D eigenvalue weighted by atomic mass is 19.1. The minimum atomic E-state index is -0.387. The van der Waals surface area contributed by atoms with E-state index in [9.17, 15) is 9.18 Å². The summed E-state index contributed by atoms with van der Waals surface area (Å²) >= 11 is 0. The molecule has 0 aliphatic heterocycles. The molecule has 1 amide bonds. The Morgan fingerprint density at radius 3 is 2.55 bits per heavy atom.